The van der Waals surface area contributed by atoms with Crippen LogP contribution in [0.25, 0.3) is 0 Å². The van der Waals surface area contributed by atoms with Gasteiger partial charge in [0.05, 0.1) is 0 Å². The Hall–Kier alpha value is -2.61. The third-order valence-corrected chi connectivity index (χ3v) is 5.25. The molecule has 1 saturated heterocycles. The quantitative estimate of drug-likeness (QED) is 0.830. The van der Waals surface area contributed by atoms with Crippen LogP contribution in [0.5, 0.6) is 0 Å². The topological polar surface area (TPSA) is 35.6 Å². The molecule has 3 rings (SSSR count). The van der Waals surface area contributed by atoms with Gasteiger partial charge in [-0.1, -0.05) is 24.1 Å². The number of hydrogen-bond acceptors (Lipinski definition) is 3. The number of aryl methyl sites for hydroxylation is 1. The number of nitrogens with one attached hydrogen (secondary N) is 1. The molecule has 0 spiro atoms. The number of amides is 1. The van der Waals surface area contributed by atoms with Crippen molar-refractivity contribution in [2.45, 2.75) is 25.9 Å². The van der Waals surface area contributed by atoms with Crippen LogP contribution in [-0.2, 0) is 6.54 Å². The van der Waals surface area contributed by atoms with Gasteiger partial charge in [0.25, 0.3) is 5.91 Å². The summed E-state index contributed by atoms with van der Waals surface area (Å²) in [5.41, 5.74) is 4.37. The van der Waals surface area contributed by atoms with Crippen LogP contribution in [0, 0.1) is 19.3 Å². The largest absolute Gasteiger partial charge is 0.322 e. The smallest absolute Gasteiger partial charge is 0.255 e. The van der Waals surface area contributed by atoms with Crippen molar-refractivity contribution in [1.82, 2.24) is 9.80 Å². The minimum absolute atomic E-state index is 0.146. The van der Waals surface area contributed by atoms with Crippen molar-refractivity contribution in [2.24, 2.45) is 0 Å². The molecule has 1 heterocycles. The first-order chi connectivity index (χ1) is 13.0. The van der Waals surface area contributed by atoms with Gasteiger partial charge in [0.2, 0.25) is 0 Å². The fourth-order valence-electron chi connectivity index (χ4n) is 3.45. The lowest BCUT2D eigenvalue weighted by Crippen LogP contribution is -2.31. The second kappa shape index (κ2) is 8.39. The van der Waals surface area contributed by atoms with Crippen LogP contribution in [0.1, 0.15) is 33.5 Å². The fraction of sp³-hybridized carbons (Fsp3) is 0.348. The molecule has 2 aromatic rings. The number of terminal acetylenes is 1. The third kappa shape index (κ3) is 4.77. The number of carbonyl (C=O) groups excluding carboxylic acids is 1. The van der Waals surface area contributed by atoms with E-state index in [1.54, 1.807) is 12.1 Å². The highest BCUT2D eigenvalue weighted by Gasteiger charge is 2.23. The molecule has 1 amide bonds. The van der Waals surface area contributed by atoms with Crippen molar-refractivity contribution in [3.8, 4) is 12.3 Å². The molecule has 1 fully saturated rings. The van der Waals surface area contributed by atoms with Gasteiger partial charge >= 0.3 is 0 Å². The Bertz CT molecular complexity index is 849. The van der Waals surface area contributed by atoms with E-state index >= 15 is 0 Å². The molecule has 0 aliphatic carbocycles. The monoisotopic (exact) mass is 361 g/mol. The van der Waals surface area contributed by atoms with Crippen molar-refractivity contribution in [2.75, 3.05) is 32.5 Å². The van der Waals surface area contributed by atoms with Gasteiger partial charge in [-0.3, -0.25) is 9.69 Å². The minimum Gasteiger partial charge on any atom is -0.322 e. The summed E-state index contributed by atoms with van der Waals surface area (Å²) in [4.78, 5) is 17.2. The highest BCUT2D eigenvalue weighted by atomic mass is 16.1. The second-order valence-corrected chi connectivity index (χ2v) is 7.47. The lowest BCUT2D eigenvalue weighted by molar-refractivity contribution is 0.102. The van der Waals surface area contributed by atoms with Gasteiger partial charge in [-0.15, -0.1) is 6.42 Å². The molecule has 4 heteroatoms. The summed E-state index contributed by atoms with van der Waals surface area (Å²) in [5, 5.41) is 2.94. The summed E-state index contributed by atoms with van der Waals surface area (Å²) < 4.78 is 0. The summed E-state index contributed by atoms with van der Waals surface area (Å²) in [7, 11) is 4.29. The normalized spacial score (nSPS) is 17.1. The average molecular weight is 361 g/mol. The molecule has 1 aliphatic rings. The maximum absolute atomic E-state index is 12.5. The molecule has 0 unspecified atom stereocenters. The summed E-state index contributed by atoms with van der Waals surface area (Å²) in [5.74, 6) is 2.47. The van der Waals surface area contributed by atoms with Gasteiger partial charge < -0.3 is 10.2 Å². The number of likely N-dealkylation sites (tertiary alicyclic amines) is 1. The molecule has 4 nitrogen and oxygen atoms in total. The lowest BCUT2D eigenvalue weighted by Gasteiger charge is -2.20. The van der Waals surface area contributed by atoms with Gasteiger partial charge in [0.1, 0.15) is 0 Å². The molecular weight excluding hydrogens is 334 g/mol. The van der Waals surface area contributed by atoms with Gasteiger partial charge in [0.15, 0.2) is 0 Å². The third-order valence-electron chi connectivity index (χ3n) is 5.25. The zero-order valence-corrected chi connectivity index (χ0v) is 16.3. The predicted octanol–water partition coefficient (Wildman–Crippen LogP) is 3.36. The molecule has 2 aromatic carbocycles. The van der Waals surface area contributed by atoms with Crippen LogP contribution in [0.15, 0.2) is 42.5 Å². The van der Waals surface area contributed by atoms with E-state index in [-0.39, 0.29) is 5.91 Å². The van der Waals surface area contributed by atoms with Crippen molar-refractivity contribution in [3.63, 3.8) is 0 Å². The summed E-state index contributed by atoms with van der Waals surface area (Å²) in [6.07, 6.45) is 6.71. The zero-order valence-electron chi connectivity index (χ0n) is 16.3. The second-order valence-electron chi connectivity index (χ2n) is 7.47. The van der Waals surface area contributed by atoms with Gasteiger partial charge in [-0.05, 0) is 62.8 Å². The van der Waals surface area contributed by atoms with Crippen molar-refractivity contribution in [1.29, 1.82) is 0 Å². The minimum atomic E-state index is -0.146. The lowest BCUT2D eigenvalue weighted by atomic mass is 10.1. The molecule has 0 saturated carbocycles. The summed E-state index contributed by atoms with van der Waals surface area (Å²) in [6.45, 7) is 5.13. The number of hydrogen-bond donors (Lipinski definition) is 1. The molecule has 0 bridgehead atoms. The van der Waals surface area contributed by atoms with Crippen molar-refractivity contribution in [3.05, 3.63) is 64.7 Å². The SMILES string of the molecule is C#Cc1cc(C(=O)Nc2ccc(CN3CC[C@H](N(C)C)C3)cc2)ccc1C. The Morgan fingerprint density at radius 3 is 2.63 bits per heavy atom. The summed E-state index contributed by atoms with van der Waals surface area (Å²) >= 11 is 0. The van der Waals surface area contributed by atoms with E-state index < -0.39 is 0 Å². The fourth-order valence-corrected chi connectivity index (χ4v) is 3.45. The Morgan fingerprint density at radius 2 is 2.00 bits per heavy atom. The van der Waals surface area contributed by atoms with Crippen molar-refractivity contribution < 1.29 is 4.79 Å². The molecule has 1 aliphatic heterocycles. The Kier molecular flexibility index (Phi) is 5.95. The van der Waals surface area contributed by atoms with E-state index in [0.717, 1.165) is 36.4 Å². The van der Waals surface area contributed by atoms with Crippen LogP contribution in [0.3, 0.4) is 0 Å². The van der Waals surface area contributed by atoms with Crippen LogP contribution in [0.4, 0.5) is 5.69 Å². The zero-order chi connectivity index (χ0) is 19.4. The number of likely N-dealkylation sites (N-methyl/N-ethyl adjacent to an activating group) is 1. The molecule has 0 radical (unpaired) electrons. The first-order valence-electron chi connectivity index (χ1n) is 9.32. The first kappa shape index (κ1) is 19.2. The van der Waals surface area contributed by atoms with Gasteiger partial charge in [-0.25, -0.2) is 0 Å². The van der Waals surface area contributed by atoms with E-state index in [0.29, 0.717) is 11.6 Å². The maximum atomic E-state index is 12.5. The molecule has 1 N–H and O–H groups in total. The Morgan fingerprint density at radius 1 is 1.26 bits per heavy atom. The van der Waals surface area contributed by atoms with Gasteiger partial charge in [-0.2, -0.15) is 0 Å². The van der Waals surface area contributed by atoms with Crippen molar-refractivity contribution >= 4 is 11.6 Å². The number of rotatable bonds is 5. The summed E-state index contributed by atoms with van der Waals surface area (Å²) in [6, 6.07) is 14.2. The molecular formula is C23H27N3O. The van der Waals surface area contributed by atoms with Crippen LogP contribution >= 0.6 is 0 Å². The molecule has 140 valence electrons. The number of nitrogens with zero attached hydrogens (tertiary/aromatic N) is 2. The first-order valence-corrected chi connectivity index (χ1v) is 9.32. The number of carbonyl (C=O) groups is 1. The highest BCUT2D eigenvalue weighted by molar-refractivity contribution is 6.04. The Balaban J connectivity index is 1.59. The van der Waals surface area contributed by atoms with E-state index in [4.69, 9.17) is 6.42 Å². The number of benzene rings is 2. The highest BCUT2D eigenvalue weighted by Crippen LogP contribution is 2.18. The maximum Gasteiger partial charge on any atom is 0.255 e. The van der Waals surface area contributed by atoms with Crippen LogP contribution < -0.4 is 5.32 Å². The van der Waals surface area contributed by atoms with E-state index in [1.165, 1.54) is 12.0 Å². The molecule has 0 aromatic heterocycles. The average Bonchev–Trinajstić information content (AvgIpc) is 3.12. The van der Waals surface area contributed by atoms with E-state index in [2.05, 4.69) is 47.3 Å². The predicted molar refractivity (Wildman–Crippen MR) is 111 cm³/mol. The standard InChI is InChI=1S/C23H27N3O/c1-5-19-14-20(9-6-17(19)2)23(27)24-21-10-7-18(8-11-21)15-26-13-12-22(16-26)25(3)4/h1,6-11,14,22H,12-13,15-16H2,2-4H3,(H,24,27)/t22-/m0/s1. The molecule has 1 atom stereocenters. The van der Waals surface area contributed by atoms with Gasteiger partial charge in [0, 0.05) is 42.5 Å². The van der Waals surface area contributed by atoms with Crippen LogP contribution in [-0.4, -0.2) is 48.9 Å². The molecule has 27 heavy (non-hydrogen) atoms. The van der Waals surface area contributed by atoms with Crippen LogP contribution in [0.2, 0.25) is 0 Å². The van der Waals surface area contributed by atoms with E-state index in [9.17, 15) is 4.79 Å². The number of anilines is 1. The van der Waals surface area contributed by atoms with E-state index in [1.807, 2.05) is 25.1 Å². The Labute approximate surface area is 162 Å².